The fourth-order valence-electron chi connectivity index (χ4n) is 2.65. The third-order valence-electron chi connectivity index (χ3n) is 4.16. The molecular weight excluding hydrogens is 312 g/mol. The first-order valence-corrected chi connectivity index (χ1v) is 8.68. The molecule has 0 N–H and O–H groups in total. The van der Waals surface area contributed by atoms with Gasteiger partial charge < -0.3 is 9.80 Å². The van der Waals surface area contributed by atoms with Crippen molar-refractivity contribution in [3.05, 3.63) is 71.3 Å². The average Bonchev–Trinajstić information content (AvgIpc) is 2.65. The molecular formula is C21H26N2O2. The number of nitrogens with zero attached hydrogens (tertiary/aromatic N) is 2. The van der Waals surface area contributed by atoms with Crippen molar-refractivity contribution < 1.29 is 9.59 Å². The van der Waals surface area contributed by atoms with E-state index in [0.29, 0.717) is 17.7 Å². The highest BCUT2D eigenvalue weighted by Crippen LogP contribution is 2.12. The maximum absolute atomic E-state index is 12.7. The fraction of sp³-hybridized carbons (Fsp3) is 0.333. The summed E-state index contributed by atoms with van der Waals surface area (Å²) in [5.41, 5.74) is 2.16. The summed E-state index contributed by atoms with van der Waals surface area (Å²) in [6, 6.07) is 16.8. The first kappa shape index (κ1) is 18.7. The van der Waals surface area contributed by atoms with E-state index in [1.54, 1.807) is 48.2 Å². The van der Waals surface area contributed by atoms with E-state index < -0.39 is 0 Å². The van der Waals surface area contributed by atoms with E-state index in [1.165, 1.54) is 0 Å². The van der Waals surface area contributed by atoms with Crippen LogP contribution in [0.3, 0.4) is 0 Å². The molecule has 25 heavy (non-hydrogen) atoms. The van der Waals surface area contributed by atoms with Gasteiger partial charge in [-0.2, -0.15) is 0 Å². The van der Waals surface area contributed by atoms with Crippen LogP contribution in [0.4, 0.5) is 0 Å². The molecule has 2 rings (SSSR count). The number of amides is 2. The summed E-state index contributed by atoms with van der Waals surface area (Å²) in [7, 11) is 3.57. The molecule has 0 aromatic heterocycles. The monoisotopic (exact) mass is 338 g/mol. The molecule has 2 aromatic carbocycles. The molecule has 4 heteroatoms. The summed E-state index contributed by atoms with van der Waals surface area (Å²) in [5.74, 6) is -0.136. The molecule has 4 nitrogen and oxygen atoms in total. The summed E-state index contributed by atoms with van der Waals surface area (Å²) in [4.78, 5) is 28.5. The topological polar surface area (TPSA) is 40.6 Å². The highest BCUT2D eigenvalue weighted by molar-refractivity contribution is 5.99. The molecule has 0 bridgehead atoms. The largest absolute Gasteiger partial charge is 0.342 e. The van der Waals surface area contributed by atoms with Crippen molar-refractivity contribution in [1.82, 2.24) is 9.80 Å². The van der Waals surface area contributed by atoms with Crippen molar-refractivity contribution in [2.45, 2.75) is 26.3 Å². The predicted molar refractivity (Wildman–Crippen MR) is 101 cm³/mol. The van der Waals surface area contributed by atoms with Gasteiger partial charge in [0.15, 0.2) is 0 Å². The van der Waals surface area contributed by atoms with Gasteiger partial charge in [0.25, 0.3) is 11.8 Å². The molecule has 2 aromatic rings. The van der Waals surface area contributed by atoms with Crippen molar-refractivity contribution in [2.24, 2.45) is 0 Å². The van der Waals surface area contributed by atoms with E-state index in [1.807, 2.05) is 30.3 Å². The SMILES string of the molecule is CCCCN(C)C(=O)c1cccc(C(=O)N(C)Cc2ccccc2)c1. The van der Waals surface area contributed by atoms with Gasteiger partial charge in [-0.3, -0.25) is 9.59 Å². The minimum absolute atomic E-state index is 0.0474. The van der Waals surface area contributed by atoms with Crippen LogP contribution in [-0.4, -0.2) is 42.3 Å². The Hall–Kier alpha value is -2.62. The predicted octanol–water partition coefficient (Wildman–Crippen LogP) is 3.83. The molecule has 0 aliphatic rings. The van der Waals surface area contributed by atoms with Crippen molar-refractivity contribution in [3.63, 3.8) is 0 Å². The average molecular weight is 338 g/mol. The lowest BCUT2D eigenvalue weighted by molar-refractivity contribution is 0.0785. The van der Waals surface area contributed by atoms with Crippen LogP contribution in [0, 0.1) is 0 Å². The van der Waals surface area contributed by atoms with Crippen molar-refractivity contribution in [1.29, 1.82) is 0 Å². The van der Waals surface area contributed by atoms with E-state index in [4.69, 9.17) is 0 Å². The molecule has 0 aliphatic heterocycles. The fourth-order valence-corrected chi connectivity index (χ4v) is 2.65. The maximum Gasteiger partial charge on any atom is 0.253 e. The van der Waals surface area contributed by atoms with Gasteiger partial charge in [0, 0.05) is 38.3 Å². The molecule has 0 radical (unpaired) electrons. The Kier molecular flexibility index (Phi) is 6.75. The number of benzene rings is 2. The molecule has 132 valence electrons. The minimum Gasteiger partial charge on any atom is -0.342 e. The first-order valence-electron chi connectivity index (χ1n) is 8.68. The number of rotatable bonds is 7. The molecule has 0 fully saturated rings. The molecule has 0 aliphatic carbocycles. The van der Waals surface area contributed by atoms with Crippen LogP contribution in [0.1, 0.15) is 46.0 Å². The Labute approximate surface area is 150 Å². The zero-order chi connectivity index (χ0) is 18.2. The number of carbonyl (C=O) groups excluding carboxylic acids is 2. The van der Waals surface area contributed by atoms with Gasteiger partial charge in [0.05, 0.1) is 0 Å². The Morgan fingerprint density at radius 1 is 0.840 bits per heavy atom. The standard InChI is InChI=1S/C21H26N2O2/c1-4-5-14-22(2)20(24)18-12-9-13-19(15-18)21(25)23(3)16-17-10-7-6-8-11-17/h6-13,15H,4-5,14,16H2,1-3H3. The normalized spacial score (nSPS) is 10.4. The van der Waals surface area contributed by atoms with Crippen LogP contribution in [0.25, 0.3) is 0 Å². The lowest BCUT2D eigenvalue weighted by Gasteiger charge is -2.19. The smallest absolute Gasteiger partial charge is 0.253 e. The van der Waals surface area contributed by atoms with Gasteiger partial charge in [-0.05, 0) is 30.2 Å². The van der Waals surface area contributed by atoms with Crippen molar-refractivity contribution in [3.8, 4) is 0 Å². The number of hydrogen-bond donors (Lipinski definition) is 0. The zero-order valence-electron chi connectivity index (χ0n) is 15.2. The van der Waals surface area contributed by atoms with Gasteiger partial charge in [-0.25, -0.2) is 0 Å². The Balaban J connectivity index is 2.09. The Bertz CT molecular complexity index is 713. The van der Waals surface area contributed by atoms with Gasteiger partial charge in [-0.15, -0.1) is 0 Å². The van der Waals surface area contributed by atoms with E-state index >= 15 is 0 Å². The minimum atomic E-state index is -0.0882. The summed E-state index contributed by atoms with van der Waals surface area (Å²) in [6.07, 6.45) is 2.01. The van der Waals surface area contributed by atoms with Crippen LogP contribution in [0.15, 0.2) is 54.6 Å². The quantitative estimate of drug-likeness (QED) is 0.770. The van der Waals surface area contributed by atoms with Gasteiger partial charge >= 0.3 is 0 Å². The lowest BCUT2D eigenvalue weighted by Crippen LogP contribution is -2.29. The maximum atomic E-state index is 12.7. The van der Waals surface area contributed by atoms with Crippen molar-refractivity contribution in [2.75, 3.05) is 20.6 Å². The highest BCUT2D eigenvalue weighted by Gasteiger charge is 2.16. The van der Waals surface area contributed by atoms with Crippen LogP contribution >= 0.6 is 0 Å². The highest BCUT2D eigenvalue weighted by atomic mass is 16.2. The second-order valence-electron chi connectivity index (χ2n) is 6.31. The van der Waals surface area contributed by atoms with E-state index in [9.17, 15) is 9.59 Å². The summed E-state index contributed by atoms with van der Waals surface area (Å²) in [6.45, 7) is 3.36. The Morgan fingerprint density at radius 2 is 1.44 bits per heavy atom. The molecule has 2 amide bonds. The molecule has 0 heterocycles. The zero-order valence-corrected chi connectivity index (χ0v) is 15.2. The van der Waals surface area contributed by atoms with E-state index in [0.717, 1.165) is 24.9 Å². The van der Waals surface area contributed by atoms with E-state index in [-0.39, 0.29) is 11.8 Å². The third-order valence-corrected chi connectivity index (χ3v) is 4.16. The number of carbonyl (C=O) groups is 2. The molecule has 0 atom stereocenters. The van der Waals surface area contributed by atoms with Gasteiger partial charge in [-0.1, -0.05) is 49.7 Å². The molecule has 0 spiro atoms. The Morgan fingerprint density at radius 3 is 2.04 bits per heavy atom. The van der Waals surface area contributed by atoms with Crippen molar-refractivity contribution >= 4 is 11.8 Å². The number of unbranched alkanes of at least 4 members (excludes halogenated alkanes) is 1. The third kappa shape index (κ3) is 5.18. The summed E-state index contributed by atoms with van der Waals surface area (Å²) in [5, 5.41) is 0. The van der Waals surface area contributed by atoms with Gasteiger partial charge in [0.1, 0.15) is 0 Å². The van der Waals surface area contributed by atoms with Crippen LogP contribution < -0.4 is 0 Å². The second-order valence-corrected chi connectivity index (χ2v) is 6.31. The number of hydrogen-bond acceptors (Lipinski definition) is 2. The summed E-state index contributed by atoms with van der Waals surface area (Å²) >= 11 is 0. The van der Waals surface area contributed by atoms with E-state index in [2.05, 4.69) is 6.92 Å². The van der Waals surface area contributed by atoms with Crippen LogP contribution in [0.2, 0.25) is 0 Å². The molecule has 0 saturated heterocycles. The van der Waals surface area contributed by atoms with Crippen LogP contribution in [0.5, 0.6) is 0 Å². The molecule has 0 saturated carbocycles. The van der Waals surface area contributed by atoms with Crippen LogP contribution in [-0.2, 0) is 6.54 Å². The summed E-state index contributed by atoms with van der Waals surface area (Å²) < 4.78 is 0. The molecule has 0 unspecified atom stereocenters. The van der Waals surface area contributed by atoms with Gasteiger partial charge in [0.2, 0.25) is 0 Å². The first-order chi connectivity index (χ1) is 12.0. The lowest BCUT2D eigenvalue weighted by atomic mass is 10.1. The second kappa shape index (κ2) is 9.02.